The van der Waals surface area contributed by atoms with Crippen molar-refractivity contribution >= 4 is 0 Å². The lowest BCUT2D eigenvalue weighted by Crippen LogP contribution is -2.02. The summed E-state index contributed by atoms with van der Waals surface area (Å²) in [5.41, 5.74) is 1.43. The van der Waals surface area contributed by atoms with Gasteiger partial charge in [-0.15, -0.1) is 0 Å². The molecule has 17 heavy (non-hydrogen) atoms. The van der Waals surface area contributed by atoms with Crippen LogP contribution in [0.1, 0.15) is 24.3 Å². The monoisotopic (exact) mass is 232 g/mol. The van der Waals surface area contributed by atoms with Gasteiger partial charge in [0.05, 0.1) is 12.3 Å². The Morgan fingerprint density at radius 3 is 2.88 bits per heavy atom. The molecule has 0 saturated carbocycles. The highest BCUT2D eigenvalue weighted by molar-refractivity contribution is 5.33. The highest BCUT2D eigenvalue weighted by Crippen LogP contribution is 2.23. The van der Waals surface area contributed by atoms with Crippen LogP contribution in [0.5, 0.6) is 5.75 Å². The normalized spacial score (nSPS) is 12.4. The van der Waals surface area contributed by atoms with Crippen LogP contribution in [0.2, 0.25) is 0 Å². The minimum atomic E-state index is -0.711. The number of hydrogen-bond acceptors (Lipinski definition) is 3. The molecule has 0 spiro atoms. The lowest BCUT2D eigenvalue weighted by molar-refractivity contribution is 0.213. The molecule has 1 aromatic carbocycles. The van der Waals surface area contributed by atoms with Gasteiger partial charge in [-0.3, -0.25) is 4.68 Å². The minimum Gasteiger partial charge on any atom is -0.494 e. The van der Waals surface area contributed by atoms with Gasteiger partial charge in [-0.25, -0.2) is 0 Å². The van der Waals surface area contributed by atoms with E-state index in [1.165, 1.54) is 0 Å². The predicted molar refractivity (Wildman–Crippen MR) is 64.9 cm³/mol. The fourth-order valence-electron chi connectivity index (χ4n) is 1.69. The molecule has 90 valence electrons. The third-order valence-electron chi connectivity index (χ3n) is 2.50. The number of ether oxygens (including phenoxy) is 1. The maximum atomic E-state index is 10.2. The molecule has 1 unspecified atom stereocenters. The van der Waals surface area contributed by atoms with E-state index >= 15 is 0 Å². The van der Waals surface area contributed by atoms with E-state index in [-0.39, 0.29) is 0 Å². The molecular formula is C13H16N2O2. The number of nitrogens with zero attached hydrogens (tertiary/aromatic N) is 2. The molecular weight excluding hydrogens is 216 g/mol. The first-order valence-electron chi connectivity index (χ1n) is 5.61. The predicted octanol–water partition coefficient (Wildman–Crippen LogP) is 1.90. The van der Waals surface area contributed by atoms with Gasteiger partial charge in [0.1, 0.15) is 11.9 Å². The molecule has 0 amide bonds. The van der Waals surface area contributed by atoms with E-state index in [0.717, 1.165) is 11.3 Å². The summed E-state index contributed by atoms with van der Waals surface area (Å²) in [6.45, 7) is 2.55. The fourth-order valence-corrected chi connectivity index (χ4v) is 1.69. The molecule has 2 rings (SSSR count). The number of aryl methyl sites for hydroxylation is 1. The summed E-state index contributed by atoms with van der Waals surface area (Å²) >= 11 is 0. The standard InChI is InChI=1S/C13H16N2O2/c1-3-17-11-6-4-5-10(9-11)13(16)12-7-8-15(2)14-12/h4-9,13,16H,3H2,1-2H3. The summed E-state index contributed by atoms with van der Waals surface area (Å²) < 4.78 is 7.07. The van der Waals surface area contributed by atoms with Crippen LogP contribution in [0.3, 0.4) is 0 Å². The van der Waals surface area contributed by atoms with Crippen LogP contribution in [0.4, 0.5) is 0 Å². The molecule has 0 radical (unpaired) electrons. The van der Waals surface area contributed by atoms with Gasteiger partial charge < -0.3 is 9.84 Å². The van der Waals surface area contributed by atoms with Gasteiger partial charge in [-0.1, -0.05) is 12.1 Å². The molecule has 1 aromatic heterocycles. The van der Waals surface area contributed by atoms with Crippen molar-refractivity contribution in [2.45, 2.75) is 13.0 Å². The maximum absolute atomic E-state index is 10.2. The molecule has 0 saturated heterocycles. The van der Waals surface area contributed by atoms with Crippen LogP contribution < -0.4 is 4.74 Å². The van der Waals surface area contributed by atoms with Gasteiger partial charge in [0.2, 0.25) is 0 Å². The molecule has 4 nitrogen and oxygen atoms in total. The van der Waals surface area contributed by atoms with Crippen LogP contribution >= 0.6 is 0 Å². The van der Waals surface area contributed by atoms with Gasteiger partial charge in [-0.05, 0) is 30.7 Å². The summed E-state index contributed by atoms with van der Waals surface area (Å²) in [5, 5.41) is 14.4. The zero-order valence-corrected chi connectivity index (χ0v) is 10.00. The highest BCUT2D eigenvalue weighted by Gasteiger charge is 2.13. The Hall–Kier alpha value is -1.81. The zero-order valence-electron chi connectivity index (χ0n) is 10.00. The number of aliphatic hydroxyl groups is 1. The van der Waals surface area contributed by atoms with Crippen molar-refractivity contribution in [2.75, 3.05) is 6.61 Å². The van der Waals surface area contributed by atoms with Gasteiger partial charge in [0.15, 0.2) is 0 Å². The minimum absolute atomic E-state index is 0.614. The Bertz CT molecular complexity index is 494. The average molecular weight is 232 g/mol. The van der Waals surface area contributed by atoms with Gasteiger partial charge >= 0.3 is 0 Å². The van der Waals surface area contributed by atoms with Crippen molar-refractivity contribution in [1.29, 1.82) is 0 Å². The Labute approximate surface area is 100 Å². The number of benzene rings is 1. The largest absolute Gasteiger partial charge is 0.494 e. The van der Waals surface area contributed by atoms with Gasteiger partial charge in [0, 0.05) is 13.2 Å². The molecule has 0 bridgehead atoms. The molecule has 1 heterocycles. The number of aliphatic hydroxyl groups excluding tert-OH is 1. The van der Waals surface area contributed by atoms with Crippen molar-refractivity contribution in [3.8, 4) is 5.75 Å². The van der Waals surface area contributed by atoms with Crippen LogP contribution in [-0.2, 0) is 7.05 Å². The Kier molecular flexibility index (Phi) is 3.44. The summed E-state index contributed by atoms with van der Waals surface area (Å²) in [6.07, 6.45) is 1.10. The first kappa shape index (κ1) is 11.7. The topological polar surface area (TPSA) is 47.3 Å². The smallest absolute Gasteiger partial charge is 0.123 e. The van der Waals surface area contributed by atoms with E-state index in [0.29, 0.717) is 12.3 Å². The molecule has 0 aliphatic heterocycles. The SMILES string of the molecule is CCOc1cccc(C(O)c2ccn(C)n2)c1. The third-order valence-corrected chi connectivity index (χ3v) is 2.50. The zero-order chi connectivity index (χ0) is 12.3. The van der Waals surface area contributed by atoms with Gasteiger partial charge in [-0.2, -0.15) is 5.10 Å². The van der Waals surface area contributed by atoms with Crippen LogP contribution in [-0.4, -0.2) is 21.5 Å². The quantitative estimate of drug-likeness (QED) is 0.875. The van der Waals surface area contributed by atoms with E-state index in [2.05, 4.69) is 5.10 Å². The van der Waals surface area contributed by atoms with Crippen LogP contribution in [0, 0.1) is 0 Å². The van der Waals surface area contributed by atoms with Crippen LogP contribution in [0.25, 0.3) is 0 Å². The molecule has 2 aromatic rings. The second-order valence-electron chi connectivity index (χ2n) is 3.82. The molecule has 0 fully saturated rings. The van der Waals surface area contributed by atoms with E-state index < -0.39 is 6.10 Å². The van der Waals surface area contributed by atoms with E-state index in [1.54, 1.807) is 10.7 Å². The second-order valence-corrected chi connectivity index (χ2v) is 3.82. The van der Waals surface area contributed by atoms with E-state index in [4.69, 9.17) is 4.74 Å². The Balaban J connectivity index is 2.24. The Morgan fingerprint density at radius 1 is 1.41 bits per heavy atom. The summed E-state index contributed by atoms with van der Waals surface area (Å²) in [7, 11) is 1.83. The third kappa shape index (κ3) is 2.65. The number of hydrogen-bond donors (Lipinski definition) is 1. The Morgan fingerprint density at radius 2 is 2.24 bits per heavy atom. The van der Waals surface area contributed by atoms with Crippen LogP contribution in [0.15, 0.2) is 36.5 Å². The fraction of sp³-hybridized carbons (Fsp3) is 0.308. The first-order valence-corrected chi connectivity index (χ1v) is 5.61. The van der Waals surface area contributed by atoms with Crippen molar-refractivity contribution in [3.63, 3.8) is 0 Å². The molecule has 1 atom stereocenters. The average Bonchev–Trinajstić information content (AvgIpc) is 2.76. The molecule has 4 heteroatoms. The lowest BCUT2D eigenvalue weighted by Gasteiger charge is -2.10. The lowest BCUT2D eigenvalue weighted by atomic mass is 10.1. The molecule has 1 N–H and O–H groups in total. The molecule has 0 aliphatic rings. The van der Waals surface area contributed by atoms with E-state index in [9.17, 15) is 5.11 Å². The maximum Gasteiger partial charge on any atom is 0.123 e. The summed E-state index contributed by atoms with van der Waals surface area (Å²) in [4.78, 5) is 0. The summed E-state index contributed by atoms with van der Waals surface area (Å²) in [6, 6.07) is 9.24. The van der Waals surface area contributed by atoms with Crippen molar-refractivity contribution in [2.24, 2.45) is 7.05 Å². The number of aromatic nitrogens is 2. The molecule has 0 aliphatic carbocycles. The number of rotatable bonds is 4. The second kappa shape index (κ2) is 5.01. The summed E-state index contributed by atoms with van der Waals surface area (Å²) in [5.74, 6) is 0.764. The first-order chi connectivity index (χ1) is 8.20. The van der Waals surface area contributed by atoms with E-state index in [1.807, 2.05) is 44.4 Å². The van der Waals surface area contributed by atoms with Crippen molar-refractivity contribution in [3.05, 3.63) is 47.8 Å². The van der Waals surface area contributed by atoms with Gasteiger partial charge in [0.25, 0.3) is 0 Å². The van der Waals surface area contributed by atoms with Crippen molar-refractivity contribution < 1.29 is 9.84 Å². The van der Waals surface area contributed by atoms with Crippen molar-refractivity contribution in [1.82, 2.24) is 9.78 Å². The highest BCUT2D eigenvalue weighted by atomic mass is 16.5.